The Morgan fingerprint density at radius 2 is 2.00 bits per heavy atom. The molecular weight excluding hydrogens is 276 g/mol. The molecule has 1 aliphatic carbocycles. The maximum Gasteiger partial charge on any atom is 0.254 e. The average molecular weight is 297 g/mol. The van der Waals surface area contributed by atoms with E-state index in [4.69, 9.17) is 17.3 Å². The third kappa shape index (κ3) is 3.64. The minimum absolute atomic E-state index is 0.0295. The van der Waals surface area contributed by atoms with Crippen LogP contribution in [0.1, 0.15) is 42.5 Å². The van der Waals surface area contributed by atoms with E-state index < -0.39 is 0 Å². The first-order chi connectivity index (χ1) is 9.61. The first kappa shape index (κ1) is 15.1. The molecule has 0 aliphatic heterocycles. The second-order valence-electron chi connectivity index (χ2n) is 5.29. The van der Waals surface area contributed by atoms with Crippen molar-refractivity contribution in [1.29, 1.82) is 0 Å². The maximum atomic E-state index is 12.6. The van der Waals surface area contributed by atoms with Crippen molar-refractivity contribution in [3.8, 4) is 0 Å². The molecule has 20 heavy (non-hydrogen) atoms. The van der Waals surface area contributed by atoms with Gasteiger partial charge in [-0.05, 0) is 31.0 Å². The molecule has 110 valence electrons. The van der Waals surface area contributed by atoms with E-state index in [1.165, 1.54) is 6.42 Å². The summed E-state index contributed by atoms with van der Waals surface area (Å²) in [5.74, 6) is -0.0971. The van der Waals surface area contributed by atoms with E-state index in [2.05, 4.69) is 0 Å². The zero-order valence-corrected chi connectivity index (χ0v) is 12.3. The predicted octanol–water partition coefficient (Wildman–Crippen LogP) is 2.69. The van der Waals surface area contributed by atoms with Crippen molar-refractivity contribution in [3.05, 3.63) is 28.8 Å². The molecule has 2 rings (SSSR count). The molecule has 0 atom stereocenters. The minimum atomic E-state index is -0.0971. The summed E-state index contributed by atoms with van der Waals surface area (Å²) in [6.45, 7) is 0.328. The van der Waals surface area contributed by atoms with Gasteiger partial charge in [-0.15, -0.1) is 0 Å². The van der Waals surface area contributed by atoms with Crippen LogP contribution in [-0.4, -0.2) is 35.1 Å². The number of hydrogen-bond donors (Lipinski definition) is 2. The summed E-state index contributed by atoms with van der Waals surface area (Å²) in [5.41, 5.74) is 6.72. The number of halogens is 1. The first-order valence-electron chi connectivity index (χ1n) is 7.09. The van der Waals surface area contributed by atoms with Crippen molar-refractivity contribution >= 4 is 23.2 Å². The van der Waals surface area contributed by atoms with Gasteiger partial charge in [-0.25, -0.2) is 0 Å². The van der Waals surface area contributed by atoms with Crippen molar-refractivity contribution in [1.82, 2.24) is 4.90 Å². The van der Waals surface area contributed by atoms with Crippen molar-refractivity contribution in [2.75, 3.05) is 18.9 Å². The third-order valence-electron chi connectivity index (χ3n) is 3.78. The molecule has 1 aliphatic rings. The highest BCUT2D eigenvalue weighted by Gasteiger charge is 2.26. The van der Waals surface area contributed by atoms with Crippen LogP contribution in [0, 0.1) is 0 Å². The van der Waals surface area contributed by atoms with Gasteiger partial charge in [0.1, 0.15) is 0 Å². The largest absolute Gasteiger partial charge is 0.399 e. The highest BCUT2D eigenvalue weighted by molar-refractivity contribution is 6.31. The fourth-order valence-corrected chi connectivity index (χ4v) is 3.10. The van der Waals surface area contributed by atoms with Gasteiger partial charge in [0, 0.05) is 28.9 Å². The Morgan fingerprint density at radius 1 is 1.30 bits per heavy atom. The Labute approximate surface area is 124 Å². The van der Waals surface area contributed by atoms with Crippen LogP contribution in [0.15, 0.2) is 18.2 Å². The molecule has 0 bridgehead atoms. The smallest absolute Gasteiger partial charge is 0.254 e. The Hall–Kier alpha value is -1.26. The molecule has 3 N–H and O–H groups in total. The molecule has 1 fully saturated rings. The summed E-state index contributed by atoms with van der Waals surface area (Å²) in [4.78, 5) is 14.4. The lowest BCUT2D eigenvalue weighted by molar-refractivity contribution is 0.0585. The molecule has 0 radical (unpaired) electrons. The molecule has 0 spiro atoms. The topological polar surface area (TPSA) is 66.6 Å². The second-order valence-corrected chi connectivity index (χ2v) is 5.72. The van der Waals surface area contributed by atoms with Crippen LogP contribution in [0.3, 0.4) is 0 Å². The molecule has 1 aromatic rings. The fraction of sp³-hybridized carbons (Fsp3) is 0.533. The van der Waals surface area contributed by atoms with Crippen molar-refractivity contribution in [2.24, 2.45) is 0 Å². The summed E-state index contributed by atoms with van der Waals surface area (Å²) in [6.07, 6.45) is 5.50. The summed E-state index contributed by atoms with van der Waals surface area (Å²) in [6, 6.07) is 5.10. The van der Waals surface area contributed by atoms with E-state index in [1.54, 1.807) is 23.1 Å². The van der Waals surface area contributed by atoms with E-state index in [9.17, 15) is 9.90 Å². The second kappa shape index (κ2) is 6.95. The normalized spacial score (nSPS) is 16.1. The number of nitrogens with zero attached hydrogens (tertiary/aromatic N) is 1. The molecule has 4 nitrogen and oxygen atoms in total. The number of benzene rings is 1. The molecule has 1 aromatic carbocycles. The fourth-order valence-electron chi connectivity index (χ4n) is 2.85. The number of aliphatic hydroxyl groups excluding tert-OH is 1. The molecule has 0 saturated heterocycles. The molecule has 0 unspecified atom stereocenters. The Kier molecular flexibility index (Phi) is 5.26. The lowest BCUT2D eigenvalue weighted by atomic mass is 9.93. The van der Waals surface area contributed by atoms with Gasteiger partial charge >= 0.3 is 0 Å². The van der Waals surface area contributed by atoms with Crippen molar-refractivity contribution in [3.63, 3.8) is 0 Å². The van der Waals surface area contributed by atoms with Crippen LogP contribution in [0.4, 0.5) is 5.69 Å². The number of rotatable bonds is 4. The zero-order valence-electron chi connectivity index (χ0n) is 11.5. The Morgan fingerprint density at radius 3 is 2.60 bits per heavy atom. The first-order valence-corrected chi connectivity index (χ1v) is 7.47. The highest BCUT2D eigenvalue weighted by atomic mass is 35.5. The van der Waals surface area contributed by atoms with E-state index in [1.807, 2.05) is 0 Å². The molecule has 1 saturated carbocycles. The summed E-state index contributed by atoms with van der Waals surface area (Å²) < 4.78 is 0. The zero-order chi connectivity index (χ0) is 14.5. The number of nitrogen functional groups attached to an aromatic ring is 1. The van der Waals surface area contributed by atoms with Crippen molar-refractivity contribution < 1.29 is 9.90 Å². The van der Waals surface area contributed by atoms with Gasteiger partial charge in [-0.3, -0.25) is 4.79 Å². The van der Waals surface area contributed by atoms with Gasteiger partial charge < -0.3 is 15.7 Å². The van der Waals surface area contributed by atoms with Gasteiger partial charge in [0.05, 0.1) is 6.61 Å². The molecule has 0 aromatic heterocycles. The van der Waals surface area contributed by atoms with E-state index >= 15 is 0 Å². The van der Waals surface area contributed by atoms with E-state index in [0.29, 0.717) is 22.8 Å². The predicted molar refractivity (Wildman–Crippen MR) is 80.9 cm³/mol. The number of hydrogen-bond acceptors (Lipinski definition) is 3. The van der Waals surface area contributed by atoms with Gasteiger partial charge in [-0.2, -0.15) is 0 Å². The van der Waals surface area contributed by atoms with Gasteiger partial charge in [0.15, 0.2) is 0 Å². The number of aliphatic hydroxyl groups is 1. The van der Waals surface area contributed by atoms with Gasteiger partial charge in [0.2, 0.25) is 0 Å². The number of amides is 1. The lowest BCUT2D eigenvalue weighted by Gasteiger charge is -2.34. The summed E-state index contributed by atoms with van der Waals surface area (Å²) >= 11 is 5.96. The Bertz CT molecular complexity index is 453. The molecule has 0 heterocycles. The van der Waals surface area contributed by atoms with Crippen LogP contribution in [0.5, 0.6) is 0 Å². The SMILES string of the molecule is Nc1cc(Cl)cc(C(=O)N(CCO)C2CCCCC2)c1. The summed E-state index contributed by atoms with van der Waals surface area (Å²) in [5, 5.41) is 9.69. The van der Waals surface area contributed by atoms with E-state index in [0.717, 1.165) is 25.7 Å². The molecule has 5 heteroatoms. The number of carbonyl (C=O) groups is 1. The number of nitrogens with two attached hydrogens (primary N) is 1. The van der Waals surface area contributed by atoms with E-state index in [-0.39, 0.29) is 18.6 Å². The monoisotopic (exact) mass is 296 g/mol. The average Bonchev–Trinajstić information content (AvgIpc) is 2.44. The molecular formula is C15H21ClN2O2. The van der Waals surface area contributed by atoms with Crippen LogP contribution >= 0.6 is 11.6 Å². The van der Waals surface area contributed by atoms with Crippen LogP contribution < -0.4 is 5.73 Å². The highest BCUT2D eigenvalue weighted by Crippen LogP contribution is 2.25. The lowest BCUT2D eigenvalue weighted by Crippen LogP contribution is -2.43. The number of carbonyl (C=O) groups excluding carboxylic acids is 1. The molecule has 1 amide bonds. The third-order valence-corrected chi connectivity index (χ3v) is 4.00. The van der Waals surface area contributed by atoms with Crippen LogP contribution in [0.25, 0.3) is 0 Å². The van der Waals surface area contributed by atoms with Gasteiger partial charge in [-0.1, -0.05) is 30.9 Å². The summed E-state index contributed by atoms with van der Waals surface area (Å²) in [7, 11) is 0. The van der Waals surface area contributed by atoms with Crippen LogP contribution in [0.2, 0.25) is 5.02 Å². The van der Waals surface area contributed by atoms with Crippen LogP contribution in [-0.2, 0) is 0 Å². The standard InChI is InChI=1S/C15H21ClN2O2/c16-12-8-11(9-13(17)10-12)15(20)18(6-7-19)14-4-2-1-3-5-14/h8-10,14,19H,1-7,17H2. The number of anilines is 1. The van der Waals surface area contributed by atoms with Gasteiger partial charge in [0.25, 0.3) is 5.91 Å². The quantitative estimate of drug-likeness (QED) is 0.840. The Balaban J connectivity index is 2.20. The van der Waals surface area contributed by atoms with Crippen molar-refractivity contribution in [2.45, 2.75) is 38.1 Å². The minimum Gasteiger partial charge on any atom is -0.399 e. The maximum absolute atomic E-state index is 12.6.